The van der Waals surface area contributed by atoms with Gasteiger partial charge in [-0.1, -0.05) is 24.3 Å². The number of rotatable bonds is 7. The van der Waals surface area contributed by atoms with Gasteiger partial charge in [0.15, 0.2) is 0 Å². The summed E-state index contributed by atoms with van der Waals surface area (Å²) in [6.45, 7) is 9.63. The summed E-state index contributed by atoms with van der Waals surface area (Å²) in [6.07, 6.45) is -2.11. The monoisotopic (exact) mass is 1060 g/mol. The van der Waals surface area contributed by atoms with Crippen molar-refractivity contribution in [3.8, 4) is 12.1 Å². The second kappa shape index (κ2) is 22.6. The van der Waals surface area contributed by atoms with Gasteiger partial charge in [0, 0.05) is 128 Å². The fourth-order valence-corrected chi connectivity index (χ4v) is 10.9. The first-order chi connectivity index (χ1) is 33.9. The van der Waals surface area contributed by atoms with Gasteiger partial charge in [-0.05, 0) is 77.1 Å². The molecule has 6 heterocycles. The van der Waals surface area contributed by atoms with E-state index in [1.54, 1.807) is 9.80 Å². The molecule has 22 heteroatoms. The van der Waals surface area contributed by atoms with E-state index in [2.05, 4.69) is 61.3 Å². The van der Waals surface area contributed by atoms with Gasteiger partial charge in [0.2, 0.25) is 0 Å². The van der Waals surface area contributed by atoms with Crippen molar-refractivity contribution in [1.29, 1.82) is 10.5 Å². The van der Waals surface area contributed by atoms with Crippen molar-refractivity contribution in [2.75, 3.05) is 52.4 Å². The Morgan fingerprint density at radius 2 is 1.17 bits per heavy atom. The van der Waals surface area contributed by atoms with Gasteiger partial charge in [0.25, 0.3) is 11.8 Å². The minimum absolute atomic E-state index is 0. The van der Waals surface area contributed by atoms with Crippen LogP contribution in [0, 0.1) is 36.5 Å². The topological polar surface area (TPSA) is 172 Å². The maximum absolute atomic E-state index is 13.2. The second-order valence-corrected chi connectivity index (χ2v) is 19.5. The zero-order chi connectivity index (χ0) is 50.6. The molecule has 1 radical (unpaired) electrons. The van der Waals surface area contributed by atoms with Crippen molar-refractivity contribution in [3.63, 3.8) is 0 Å². The van der Waals surface area contributed by atoms with Crippen molar-refractivity contribution in [2.45, 2.75) is 58.4 Å². The number of aromatic nitrogens is 4. The summed E-state index contributed by atoms with van der Waals surface area (Å²) >= 11 is 1.89. The van der Waals surface area contributed by atoms with Crippen LogP contribution < -0.4 is 5.32 Å². The summed E-state index contributed by atoms with van der Waals surface area (Å²) < 4.78 is 76.0. The number of hydrogen-bond acceptors (Lipinski definition) is 13. The van der Waals surface area contributed by atoms with E-state index in [0.29, 0.717) is 91.2 Å². The first-order valence-electron chi connectivity index (χ1n) is 22.4. The van der Waals surface area contributed by atoms with E-state index in [9.17, 15) is 46.0 Å². The number of carbonyl (C=O) groups is 3. The molecule has 1 N–H and O–H groups in total. The van der Waals surface area contributed by atoms with Crippen LogP contribution in [0.1, 0.15) is 80.0 Å². The SMILES string of the molecule is Cc1c(C=O)ccc2c1C=C(C#N)C2.Cc1c(CN2CCN(C(=O)c3ncnc4sc(CC(F)(F)F)cc34)CC2)ccc2c1C=C(C#N)C2.O=C(c1ncnc2sc(CC(F)(F)F)cc12)N1CCNCC1.[V]. The van der Waals surface area contributed by atoms with Gasteiger partial charge >= 0.3 is 12.4 Å². The number of nitrogens with one attached hydrogen (secondary N) is 1. The molecular weight excluding hydrogens is 1020 g/mol. The van der Waals surface area contributed by atoms with E-state index in [0.717, 1.165) is 68.9 Å². The molecule has 4 aliphatic rings. The molecule has 4 aromatic heterocycles. The van der Waals surface area contributed by atoms with Gasteiger partial charge in [-0.3, -0.25) is 19.3 Å². The standard InChI is InChI=1S/C25H22F3N5OS.C13H13F3N4OS.C12H9NO.V/c1-15-18(3-2-17-8-16(12-29)9-20(15)17)13-32-4-6-33(7-5-32)24(34)22-21-10-19(11-25(26,27)28)35-23(21)31-14-30-22;14-13(15,16)6-8-5-9-10(18-7-19-11(9)22-8)12(21)20-3-1-17-2-4-20;1-8-11(7-14)3-2-10-4-9(6-13)5-12(8)10;/h2-3,9-10,14H,4-8,11,13H2,1H3;5,7,17H,1-4,6H2;2-3,5,7H,4H2,1H3;. The van der Waals surface area contributed by atoms with Crippen LogP contribution >= 0.6 is 22.7 Å². The molecule has 6 aromatic rings. The molecule has 0 unspecified atom stereocenters. The third-order valence-corrected chi connectivity index (χ3v) is 14.6. The number of hydrogen-bond donors (Lipinski definition) is 1. The summed E-state index contributed by atoms with van der Waals surface area (Å²) in [5.41, 5.74) is 10.5. The van der Waals surface area contributed by atoms with Crippen LogP contribution in [0.25, 0.3) is 32.6 Å². The van der Waals surface area contributed by atoms with E-state index in [1.807, 2.05) is 31.2 Å². The molecular formula is C50H44F6N10O3S2V. The van der Waals surface area contributed by atoms with Crippen molar-refractivity contribution < 1.29 is 59.3 Å². The maximum Gasteiger partial charge on any atom is 0.393 e. The number of amides is 2. The smallest absolute Gasteiger partial charge is 0.335 e. The van der Waals surface area contributed by atoms with E-state index in [-0.39, 0.29) is 51.5 Å². The number of carbonyl (C=O) groups excluding carboxylic acids is 3. The summed E-state index contributed by atoms with van der Waals surface area (Å²) in [4.78, 5) is 59.2. The van der Waals surface area contributed by atoms with Gasteiger partial charge in [0.1, 0.15) is 40.0 Å². The number of benzene rings is 2. The number of alkyl halides is 6. The van der Waals surface area contributed by atoms with Crippen LogP contribution in [0.5, 0.6) is 0 Å². The summed E-state index contributed by atoms with van der Waals surface area (Å²) in [5.74, 6) is -0.540. The molecule has 371 valence electrons. The quantitative estimate of drug-likeness (QED) is 0.120. The Labute approximate surface area is 429 Å². The van der Waals surface area contributed by atoms with Crippen LogP contribution in [0.2, 0.25) is 0 Å². The third-order valence-electron chi connectivity index (χ3n) is 12.6. The number of allylic oxidation sites excluding steroid dienone is 2. The average Bonchev–Trinajstić information content (AvgIpc) is 4.16. The minimum atomic E-state index is -4.32. The Morgan fingerprint density at radius 1 is 0.694 bits per heavy atom. The van der Waals surface area contributed by atoms with Gasteiger partial charge in [-0.2, -0.15) is 36.9 Å². The van der Waals surface area contributed by atoms with E-state index < -0.39 is 25.2 Å². The van der Waals surface area contributed by atoms with Crippen LogP contribution in [-0.4, -0.2) is 117 Å². The Balaban J connectivity index is 0.000000175. The first-order valence-corrected chi connectivity index (χ1v) is 24.1. The van der Waals surface area contributed by atoms with Gasteiger partial charge in [-0.15, -0.1) is 22.7 Å². The van der Waals surface area contributed by atoms with E-state index >= 15 is 0 Å². The Kier molecular flexibility index (Phi) is 16.8. The average molecular weight is 1060 g/mol. The van der Waals surface area contributed by atoms with Gasteiger partial charge < -0.3 is 15.1 Å². The summed E-state index contributed by atoms with van der Waals surface area (Å²) in [7, 11) is 0. The van der Waals surface area contributed by atoms with Crippen LogP contribution in [-0.2, 0) is 50.8 Å². The summed E-state index contributed by atoms with van der Waals surface area (Å²) in [5, 5.41) is 21.9. The zero-order valence-electron chi connectivity index (χ0n) is 38.8. The van der Waals surface area contributed by atoms with E-state index in [1.165, 1.54) is 41.5 Å². The van der Waals surface area contributed by atoms with Crippen LogP contribution in [0.3, 0.4) is 0 Å². The Bertz CT molecular complexity index is 3200. The molecule has 0 spiro atoms. The van der Waals surface area contributed by atoms with Crippen molar-refractivity contribution in [1.82, 2.24) is 40.0 Å². The molecule has 0 bridgehead atoms. The second-order valence-electron chi connectivity index (χ2n) is 17.3. The molecule has 2 aromatic carbocycles. The molecule has 2 fully saturated rings. The molecule has 0 atom stereocenters. The number of nitrogens with zero attached hydrogens (tertiary/aromatic N) is 9. The normalized spacial score (nSPS) is 15.4. The molecule has 0 saturated carbocycles. The molecule has 2 aliphatic heterocycles. The number of fused-ring (bicyclic) bond motifs is 4. The Morgan fingerprint density at radius 3 is 1.64 bits per heavy atom. The predicted octanol–water partition coefficient (Wildman–Crippen LogP) is 8.64. The number of aldehydes is 1. The molecule has 10 rings (SSSR count). The zero-order valence-corrected chi connectivity index (χ0v) is 41.9. The third kappa shape index (κ3) is 12.5. The Hall–Kier alpha value is -6.33. The van der Waals surface area contributed by atoms with Crippen molar-refractivity contribution >= 4 is 73.4 Å². The molecule has 2 aliphatic carbocycles. The fourth-order valence-electron chi connectivity index (χ4n) is 8.88. The van der Waals surface area contributed by atoms with Crippen LogP contribution in [0.4, 0.5) is 26.3 Å². The molecule has 2 saturated heterocycles. The minimum Gasteiger partial charge on any atom is -0.335 e. The first kappa shape index (κ1) is 53.5. The molecule has 72 heavy (non-hydrogen) atoms. The summed E-state index contributed by atoms with van der Waals surface area (Å²) in [6, 6.07) is 15.1. The predicted molar refractivity (Wildman–Crippen MR) is 257 cm³/mol. The number of halogens is 6. The van der Waals surface area contributed by atoms with Crippen molar-refractivity contribution in [2.24, 2.45) is 0 Å². The van der Waals surface area contributed by atoms with Crippen molar-refractivity contribution in [3.05, 3.63) is 126 Å². The number of piperazine rings is 2. The van der Waals surface area contributed by atoms with Gasteiger partial charge in [-0.25, -0.2) is 19.9 Å². The molecule has 13 nitrogen and oxygen atoms in total. The molecule has 2 amide bonds. The van der Waals surface area contributed by atoms with Gasteiger partial charge in [0.05, 0.1) is 25.0 Å². The fraction of sp³-hybridized carbons (Fsp3) is 0.340. The van der Waals surface area contributed by atoms with Crippen LogP contribution in [0.15, 0.2) is 60.2 Å². The number of thiophene rings is 2. The maximum atomic E-state index is 13.2. The largest absolute Gasteiger partial charge is 0.393 e. The number of nitriles is 2. The van der Waals surface area contributed by atoms with E-state index in [4.69, 9.17) is 5.26 Å².